The Morgan fingerprint density at radius 2 is 2.14 bits per heavy atom. The third kappa shape index (κ3) is 3.40. The highest BCUT2D eigenvalue weighted by Gasteiger charge is 2.18. The Balaban J connectivity index is 1.60. The molecule has 1 aromatic heterocycles. The van der Waals surface area contributed by atoms with E-state index in [2.05, 4.69) is 15.2 Å². The van der Waals surface area contributed by atoms with Crippen molar-refractivity contribution < 1.29 is 14.6 Å². The second-order valence-corrected chi connectivity index (χ2v) is 5.71. The van der Waals surface area contributed by atoms with E-state index in [9.17, 15) is 9.90 Å². The average Bonchev–Trinajstić information content (AvgIpc) is 3.02. The molecule has 0 aliphatic carbocycles. The lowest BCUT2D eigenvalue weighted by Gasteiger charge is -2.26. The van der Waals surface area contributed by atoms with Crippen molar-refractivity contribution in [2.45, 2.75) is 5.16 Å². The number of aromatic nitrogens is 3. The number of phenols is 1. The molecule has 116 valence electrons. The number of para-hydroxylation sites is 1. The van der Waals surface area contributed by atoms with Gasteiger partial charge in [-0.1, -0.05) is 23.9 Å². The van der Waals surface area contributed by atoms with E-state index in [0.717, 1.165) is 0 Å². The van der Waals surface area contributed by atoms with Crippen molar-refractivity contribution in [2.24, 2.45) is 0 Å². The molecule has 1 aliphatic heterocycles. The Morgan fingerprint density at radius 1 is 1.36 bits per heavy atom. The lowest BCUT2D eigenvalue weighted by molar-refractivity contribution is -0.132. The summed E-state index contributed by atoms with van der Waals surface area (Å²) in [5.74, 6) is 0.971. The number of nitrogens with zero attached hydrogens (tertiary/aromatic N) is 3. The van der Waals surface area contributed by atoms with Gasteiger partial charge in [-0.25, -0.2) is 4.98 Å². The molecule has 8 heteroatoms. The van der Waals surface area contributed by atoms with Crippen molar-refractivity contribution in [2.75, 3.05) is 32.1 Å². The third-order valence-corrected chi connectivity index (χ3v) is 4.14. The number of phenolic OH excluding ortho intramolecular Hbond substituents is 1. The molecule has 0 bridgehead atoms. The molecule has 3 rings (SSSR count). The number of benzene rings is 1. The molecule has 2 heterocycles. The van der Waals surface area contributed by atoms with Crippen LogP contribution in [-0.4, -0.2) is 63.2 Å². The number of nitrogens with one attached hydrogen (secondary N) is 1. The van der Waals surface area contributed by atoms with Gasteiger partial charge in [0.1, 0.15) is 5.75 Å². The van der Waals surface area contributed by atoms with Gasteiger partial charge >= 0.3 is 0 Å². The zero-order valence-corrected chi connectivity index (χ0v) is 12.7. The Bertz CT molecular complexity index is 655. The standard InChI is InChI=1S/C14H16N4O3S/c19-11-4-2-1-3-10(11)13-15-14(17-16-13)22-9-12(20)18-5-7-21-8-6-18/h1-4,19H,5-9H2,(H,15,16,17). The van der Waals surface area contributed by atoms with E-state index in [1.807, 2.05) is 6.07 Å². The van der Waals surface area contributed by atoms with Gasteiger partial charge in [0.05, 0.1) is 24.5 Å². The van der Waals surface area contributed by atoms with Gasteiger partial charge in [0.15, 0.2) is 5.82 Å². The number of carbonyl (C=O) groups excluding carboxylic acids is 1. The van der Waals surface area contributed by atoms with Crippen LogP contribution in [0.4, 0.5) is 0 Å². The summed E-state index contributed by atoms with van der Waals surface area (Å²) in [7, 11) is 0. The summed E-state index contributed by atoms with van der Waals surface area (Å²) < 4.78 is 5.22. The molecule has 2 aromatic rings. The van der Waals surface area contributed by atoms with Crippen molar-refractivity contribution in [3.8, 4) is 17.1 Å². The summed E-state index contributed by atoms with van der Waals surface area (Å²) in [6.07, 6.45) is 0. The van der Waals surface area contributed by atoms with Crippen LogP contribution in [-0.2, 0) is 9.53 Å². The number of thioether (sulfide) groups is 1. The number of morpholine rings is 1. The number of ether oxygens (including phenoxy) is 1. The Hall–Kier alpha value is -2.06. The maximum atomic E-state index is 12.0. The SMILES string of the molecule is O=C(CSc1n[nH]c(-c2ccccc2O)n1)N1CCOCC1. The minimum Gasteiger partial charge on any atom is -0.507 e. The van der Waals surface area contributed by atoms with Gasteiger partial charge in [-0.2, -0.15) is 0 Å². The topological polar surface area (TPSA) is 91.3 Å². The van der Waals surface area contributed by atoms with Gasteiger partial charge < -0.3 is 14.7 Å². The molecule has 2 N–H and O–H groups in total. The molecule has 1 fully saturated rings. The number of carbonyl (C=O) groups is 1. The molecule has 1 saturated heterocycles. The summed E-state index contributed by atoms with van der Waals surface area (Å²) in [4.78, 5) is 18.1. The van der Waals surface area contributed by atoms with Crippen LogP contribution in [0, 0.1) is 0 Å². The molecule has 1 aliphatic rings. The Kier molecular flexibility index (Phi) is 4.59. The fourth-order valence-electron chi connectivity index (χ4n) is 2.14. The van der Waals surface area contributed by atoms with Crippen molar-refractivity contribution in [3.63, 3.8) is 0 Å². The number of amides is 1. The largest absolute Gasteiger partial charge is 0.507 e. The maximum absolute atomic E-state index is 12.0. The number of H-pyrrole nitrogens is 1. The zero-order valence-electron chi connectivity index (χ0n) is 11.9. The van der Waals surface area contributed by atoms with Crippen LogP contribution in [0.1, 0.15) is 0 Å². The van der Waals surface area contributed by atoms with Crippen LogP contribution < -0.4 is 0 Å². The Morgan fingerprint density at radius 3 is 2.91 bits per heavy atom. The van der Waals surface area contributed by atoms with E-state index in [1.54, 1.807) is 23.1 Å². The summed E-state index contributed by atoms with van der Waals surface area (Å²) in [6, 6.07) is 6.90. The predicted molar refractivity (Wildman–Crippen MR) is 81.6 cm³/mol. The molecule has 7 nitrogen and oxygen atoms in total. The molecule has 22 heavy (non-hydrogen) atoms. The van der Waals surface area contributed by atoms with Gasteiger partial charge in [-0.3, -0.25) is 9.89 Å². The van der Waals surface area contributed by atoms with Crippen molar-refractivity contribution in [3.05, 3.63) is 24.3 Å². The van der Waals surface area contributed by atoms with Gasteiger partial charge in [-0.05, 0) is 12.1 Å². The fraction of sp³-hybridized carbons (Fsp3) is 0.357. The highest BCUT2D eigenvalue weighted by molar-refractivity contribution is 7.99. The predicted octanol–water partition coefficient (Wildman–Crippen LogP) is 1.13. The molecule has 0 unspecified atom stereocenters. The highest BCUT2D eigenvalue weighted by Crippen LogP contribution is 2.26. The number of hydrogen-bond acceptors (Lipinski definition) is 6. The minimum absolute atomic E-state index is 0.0576. The van der Waals surface area contributed by atoms with Crippen molar-refractivity contribution in [1.82, 2.24) is 20.1 Å². The smallest absolute Gasteiger partial charge is 0.233 e. The summed E-state index contributed by atoms with van der Waals surface area (Å²) in [6.45, 7) is 2.45. The van der Waals surface area contributed by atoms with Crippen LogP contribution >= 0.6 is 11.8 Å². The number of hydrogen-bond donors (Lipinski definition) is 2. The second-order valence-electron chi connectivity index (χ2n) is 4.77. The summed E-state index contributed by atoms with van der Waals surface area (Å²) >= 11 is 1.28. The van der Waals surface area contributed by atoms with E-state index in [-0.39, 0.29) is 17.4 Å². The van der Waals surface area contributed by atoms with Crippen LogP contribution in [0.15, 0.2) is 29.4 Å². The van der Waals surface area contributed by atoms with E-state index in [1.165, 1.54) is 11.8 Å². The van der Waals surface area contributed by atoms with E-state index in [4.69, 9.17) is 4.74 Å². The summed E-state index contributed by atoms with van der Waals surface area (Å²) in [5.41, 5.74) is 0.585. The third-order valence-electron chi connectivity index (χ3n) is 3.31. The number of aromatic hydroxyl groups is 1. The second kappa shape index (κ2) is 6.80. The number of aromatic amines is 1. The highest BCUT2D eigenvalue weighted by atomic mass is 32.2. The molecule has 0 saturated carbocycles. The van der Waals surface area contributed by atoms with E-state index < -0.39 is 0 Å². The molecule has 1 amide bonds. The van der Waals surface area contributed by atoms with Crippen molar-refractivity contribution in [1.29, 1.82) is 0 Å². The molecule has 1 aromatic carbocycles. The zero-order chi connectivity index (χ0) is 15.4. The van der Waals surface area contributed by atoms with Crippen LogP contribution in [0.25, 0.3) is 11.4 Å². The number of rotatable bonds is 4. The molecule has 0 atom stereocenters. The molecule has 0 radical (unpaired) electrons. The van der Waals surface area contributed by atoms with Gasteiger partial charge in [0, 0.05) is 13.1 Å². The first kappa shape index (κ1) is 14.9. The molecule has 0 spiro atoms. The Labute approximate surface area is 131 Å². The fourth-order valence-corrected chi connectivity index (χ4v) is 2.84. The van der Waals surface area contributed by atoms with Gasteiger partial charge in [0.25, 0.3) is 0 Å². The quantitative estimate of drug-likeness (QED) is 0.821. The van der Waals surface area contributed by atoms with Gasteiger partial charge in [0.2, 0.25) is 11.1 Å². The first-order chi connectivity index (χ1) is 10.7. The lowest BCUT2D eigenvalue weighted by atomic mass is 10.2. The van der Waals surface area contributed by atoms with Crippen LogP contribution in [0.2, 0.25) is 0 Å². The van der Waals surface area contributed by atoms with E-state index >= 15 is 0 Å². The molecular formula is C14H16N4O3S. The summed E-state index contributed by atoms with van der Waals surface area (Å²) in [5, 5.41) is 17.1. The maximum Gasteiger partial charge on any atom is 0.233 e. The van der Waals surface area contributed by atoms with E-state index in [0.29, 0.717) is 42.8 Å². The monoisotopic (exact) mass is 320 g/mol. The molecular weight excluding hydrogens is 304 g/mol. The van der Waals surface area contributed by atoms with Crippen LogP contribution in [0.5, 0.6) is 5.75 Å². The van der Waals surface area contributed by atoms with Crippen LogP contribution in [0.3, 0.4) is 0 Å². The first-order valence-corrected chi connectivity index (χ1v) is 7.91. The normalized spacial score (nSPS) is 15.0. The average molecular weight is 320 g/mol. The minimum atomic E-state index is 0.0576. The van der Waals surface area contributed by atoms with Gasteiger partial charge in [-0.15, -0.1) is 5.10 Å². The lowest BCUT2D eigenvalue weighted by Crippen LogP contribution is -2.41. The van der Waals surface area contributed by atoms with Crippen molar-refractivity contribution >= 4 is 17.7 Å². The first-order valence-electron chi connectivity index (χ1n) is 6.93.